The number of hydrogen-bond acceptors (Lipinski definition) is 6. The lowest BCUT2D eigenvalue weighted by Crippen LogP contribution is -2.47. The number of nitrogens with zero attached hydrogens (tertiary/aromatic N) is 1. The molecule has 1 aliphatic rings. The number of nitro benzene ring substituents is 1. The van der Waals surface area contributed by atoms with Gasteiger partial charge in [-0.05, 0) is 6.07 Å². The summed E-state index contributed by atoms with van der Waals surface area (Å²) in [6.45, 7) is 0.394. The van der Waals surface area contributed by atoms with Gasteiger partial charge in [0.05, 0.1) is 18.6 Å². The van der Waals surface area contributed by atoms with Crippen molar-refractivity contribution < 1.29 is 24.3 Å². The van der Waals surface area contributed by atoms with Crippen LogP contribution in [0.5, 0.6) is 5.75 Å². The Morgan fingerprint density at radius 1 is 1.60 bits per heavy atom. The molecule has 2 rings (SSSR count). The van der Waals surface area contributed by atoms with Crippen molar-refractivity contribution in [3.63, 3.8) is 0 Å². The fourth-order valence-corrected chi connectivity index (χ4v) is 2.07. The van der Waals surface area contributed by atoms with Gasteiger partial charge in [0, 0.05) is 30.8 Å². The van der Waals surface area contributed by atoms with E-state index in [9.17, 15) is 20.0 Å². The highest BCUT2D eigenvalue weighted by Crippen LogP contribution is 2.32. The minimum atomic E-state index is -1.21. The van der Waals surface area contributed by atoms with Crippen LogP contribution in [0.15, 0.2) is 18.2 Å². The second-order valence-electron chi connectivity index (χ2n) is 4.46. The summed E-state index contributed by atoms with van der Waals surface area (Å²) in [7, 11) is 1.32. The molecule has 2 N–H and O–H groups in total. The molecular formula is C12H14N2O6. The largest absolute Gasteiger partial charge is 0.490 e. The number of carboxylic acids is 1. The second-order valence-corrected chi connectivity index (χ2v) is 4.46. The maximum absolute atomic E-state index is 11.4. The molecule has 0 amide bonds. The molecule has 0 saturated carbocycles. The third-order valence-electron chi connectivity index (χ3n) is 3.19. The van der Waals surface area contributed by atoms with Crippen molar-refractivity contribution in [2.75, 3.05) is 25.6 Å². The van der Waals surface area contributed by atoms with E-state index in [2.05, 4.69) is 5.32 Å². The van der Waals surface area contributed by atoms with E-state index in [1.54, 1.807) is 0 Å². The summed E-state index contributed by atoms with van der Waals surface area (Å²) in [5, 5.41) is 23.0. The van der Waals surface area contributed by atoms with E-state index in [1.165, 1.54) is 25.3 Å². The predicted molar refractivity (Wildman–Crippen MR) is 69.1 cm³/mol. The van der Waals surface area contributed by atoms with Crippen molar-refractivity contribution in [1.29, 1.82) is 0 Å². The van der Waals surface area contributed by atoms with Crippen molar-refractivity contribution in [3.8, 4) is 5.75 Å². The SMILES string of the molecule is COc1cc(NC2(C(=O)O)CCOC2)ccc1[N+](=O)[O-]. The zero-order chi connectivity index (χ0) is 14.8. The van der Waals surface area contributed by atoms with Gasteiger partial charge in [-0.2, -0.15) is 0 Å². The van der Waals surface area contributed by atoms with Gasteiger partial charge in [-0.3, -0.25) is 10.1 Å². The van der Waals surface area contributed by atoms with Gasteiger partial charge in [0.1, 0.15) is 0 Å². The summed E-state index contributed by atoms with van der Waals surface area (Å²) in [6, 6.07) is 4.12. The molecule has 8 nitrogen and oxygen atoms in total. The second kappa shape index (κ2) is 5.33. The lowest BCUT2D eigenvalue weighted by molar-refractivity contribution is -0.385. The fourth-order valence-electron chi connectivity index (χ4n) is 2.07. The van der Waals surface area contributed by atoms with Crippen molar-refractivity contribution in [2.45, 2.75) is 12.0 Å². The van der Waals surface area contributed by atoms with Crippen molar-refractivity contribution in [1.82, 2.24) is 0 Å². The Morgan fingerprint density at radius 3 is 2.85 bits per heavy atom. The first-order chi connectivity index (χ1) is 9.48. The predicted octanol–water partition coefficient (Wildman–Crippen LogP) is 1.26. The van der Waals surface area contributed by atoms with E-state index in [0.717, 1.165) is 0 Å². The van der Waals surface area contributed by atoms with Gasteiger partial charge in [0.15, 0.2) is 11.3 Å². The Bertz CT molecular complexity index is 539. The van der Waals surface area contributed by atoms with Crippen LogP contribution < -0.4 is 10.1 Å². The first-order valence-corrected chi connectivity index (χ1v) is 5.90. The number of rotatable bonds is 5. The topological polar surface area (TPSA) is 111 Å². The summed E-state index contributed by atoms with van der Waals surface area (Å²) < 4.78 is 10.1. The molecule has 0 bridgehead atoms. The normalized spacial score (nSPS) is 21.4. The van der Waals surface area contributed by atoms with Gasteiger partial charge >= 0.3 is 11.7 Å². The number of nitro groups is 1. The summed E-state index contributed by atoms with van der Waals surface area (Å²) in [5.74, 6) is -0.952. The number of methoxy groups -OCH3 is 1. The molecule has 0 aromatic heterocycles. The Hall–Kier alpha value is -2.35. The Balaban J connectivity index is 2.29. The lowest BCUT2D eigenvalue weighted by atomic mass is 9.98. The van der Waals surface area contributed by atoms with Crippen LogP contribution in [0.4, 0.5) is 11.4 Å². The van der Waals surface area contributed by atoms with Crippen LogP contribution in [0.2, 0.25) is 0 Å². The molecular weight excluding hydrogens is 268 g/mol. The minimum absolute atomic E-state index is 0.0433. The van der Waals surface area contributed by atoms with Crippen LogP contribution >= 0.6 is 0 Å². The van der Waals surface area contributed by atoms with Crippen molar-refractivity contribution in [2.24, 2.45) is 0 Å². The number of hydrogen-bond donors (Lipinski definition) is 2. The Labute approximate surface area is 114 Å². The molecule has 1 unspecified atom stereocenters. The highest BCUT2D eigenvalue weighted by Gasteiger charge is 2.42. The third-order valence-corrected chi connectivity index (χ3v) is 3.19. The summed E-state index contributed by atoms with van der Waals surface area (Å²) in [4.78, 5) is 21.6. The molecule has 108 valence electrons. The maximum Gasteiger partial charge on any atom is 0.331 e. The highest BCUT2D eigenvalue weighted by atomic mass is 16.6. The summed E-state index contributed by atoms with van der Waals surface area (Å²) in [6.07, 6.45) is 0.321. The molecule has 1 fully saturated rings. The van der Waals surface area contributed by atoms with Gasteiger partial charge in [-0.1, -0.05) is 0 Å². The molecule has 1 aliphatic heterocycles. The Morgan fingerprint density at radius 2 is 2.35 bits per heavy atom. The quantitative estimate of drug-likeness (QED) is 0.617. The molecule has 1 aromatic carbocycles. The number of anilines is 1. The first-order valence-electron chi connectivity index (χ1n) is 5.90. The molecule has 1 heterocycles. The minimum Gasteiger partial charge on any atom is -0.490 e. The molecule has 20 heavy (non-hydrogen) atoms. The van der Waals surface area contributed by atoms with Crippen LogP contribution in [-0.4, -0.2) is 41.9 Å². The van der Waals surface area contributed by atoms with Crippen molar-refractivity contribution in [3.05, 3.63) is 28.3 Å². The van der Waals surface area contributed by atoms with E-state index < -0.39 is 16.4 Å². The van der Waals surface area contributed by atoms with E-state index in [-0.39, 0.29) is 18.0 Å². The fraction of sp³-hybridized carbons (Fsp3) is 0.417. The van der Waals surface area contributed by atoms with Crippen molar-refractivity contribution >= 4 is 17.3 Å². The summed E-state index contributed by atoms with van der Waals surface area (Å²) in [5.41, 5.74) is -0.952. The number of benzene rings is 1. The average Bonchev–Trinajstić information content (AvgIpc) is 2.88. The van der Waals surface area contributed by atoms with Gasteiger partial charge in [0.25, 0.3) is 0 Å². The van der Waals surface area contributed by atoms with Crippen LogP contribution in [0.3, 0.4) is 0 Å². The number of ether oxygens (including phenoxy) is 2. The molecule has 8 heteroatoms. The Kier molecular flexibility index (Phi) is 3.75. The van der Waals surface area contributed by atoms with Gasteiger partial charge < -0.3 is 19.9 Å². The van der Waals surface area contributed by atoms with E-state index in [4.69, 9.17) is 9.47 Å². The molecule has 0 radical (unpaired) electrons. The molecule has 0 spiro atoms. The van der Waals surface area contributed by atoms with Gasteiger partial charge in [-0.25, -0.2) is 4.79 Å². The smallest absolute Gasteiger partial charge is 0.331 e. The monoisotopic (exact) mass is 282 g/mol. The van der Waals surface area contributed by atoms with Crippen LogP contribution in [0.1, 0.15) is 6.42 Å². The zero-order valence-corrected chi connectivity index (χ0v) is 10.8. The molecule has 0 aliphatic carbocycles. The third kappa shape index (κ3) is 2.50. The number of carboxylic acid groups (broad SMARTS) is 1. The van der Waals surface area contributed by atoms with E-state index in [0.29, 0.717) is 18.7 Å². The molecule has 1 aromatic rings. The van der Waals surface area contributed by atoms with Crippen LogP contribution in [0.25, 0.3) is 0 Å². The van der Waals surface area contributed by atoms with E-state index in [1.807, 2.05) is 0 Å². The number of carbonyl (C=O) groups is 1. The van der Waals surface area contributed by atoms with Gasteiger partial charge in [-0.15, -0.1) is 0 Å². The molecule has 1 atom stereocenters. The average molecular weight is 282 g/mol. The first kappa shape index (κ1) is 14.1. The lowest BCUT2D eigenvalue weighted by Gasteiger charge is -2.25. The zero-order valence-electron chi connectivity index (χ0n) is 10.8. The maximum atomic E-state index is 11.4. The highest BCUT2D eigenvalue weighted by molar-refractivity contribution is 5.83. The van der Waals surface area contributed by atoms with Gasteiger partial charge in [0.2, 0.25) is 0 Å². The van der Waals surface area contributed by atoms with E-state index >= 15 is 0 Å². The van der Waals surface area contributed by atoms with Crippen LogP contribution in [-0.2, 0) is 9.53 Å². The molecule has 1 saturated heterocycles. The standard InChI is InChI=1S/C12H14N2O6/c1-19-10-6-8(2-3-9(10)14(17)18)13-12(11(15)16)4-5-20-7-12/h2-3,6,13H,4-5,7H2,1H3,(H,15,16). The summed E-state index contributed by atoms with van der Waals surface area (Å²) >= 11 is 0. The number of nitrogens with one attached hydrogen (secondary N) is 1. The van der Waals surface area contributed by atoms with Crippen LogP contribution in [0, 0.1) is 10.1 Å². The number of aliphatic carboxylic acids is 1.